The highest BCUT2D eigenvalue weighted by Gasteiger charge is 2.25. The largest absolute Gasteiger partial charge is 0.384 e. The van der Waals surface area contributed by atoms with E-state index in [0.29, 0.717) is 11.8 Å². The molecule has 94 valence electrons. The van der Waals surface area contributed by atoms with Gasteiger partial charge in [0.1, 0.15) is 0 Å². The van der Waals surface area contributed by atoms with Gasteiger partial charge in [-0.15, -0.1) is 11.6 Å². The first-order valence-electron chi connectivity index (χ1n) is 5.83. The molecule has 0 aromatic heterocycles. The van der Waals surface area contributed by atoms with Crippen LogP contribution in [0, 0.1) is 5.92 Å². The standard InChI is InChI=1S/C13H17Cl2NO/c1-17-9-10-5-6-16(8-10)13-11(7-14)3-2-4-12(13)15/h2-4,10H,5-9H2,1H3. The number of methoxy groups -OCH3 is 1. The number of rotatable bonds is 4. The number of hydrogen-bond acceptors (Lipinski definition) is 2. The lowest BCUT2D eigenvalue weighted by Gasteiger charge is -2.22. The maximum atomic E-state index is 6.28. The van der Waals surface area contributed by atoms with Gasteiger partial charge in [-0.1, -0.05) is 23.7 Å². The SMILES string of the molecule is COCC1CCN(c2c(Cl)cccc2CCl)C1. The molecule has 0 amide bonds. The van der Waals surface area contributed by atoms with Crippen LogP contribution in [0.1, 0.15) is 12.0 Å². The van der Waals surface area contributed by atoms with Crippen LogP contribution < -0.4 is 4.90 Å². The van der Waals surface area contributed by atoms with E-state index in [0.717, 1.165) is 42.4 Å². The highest BCUT2D eigenvalue weighted by atomic mass is 35.5. The zero-order chi connectivity index (χ0) is 12.3. The Kier molecular flexibility index (Phi) is 4.55. The highest BCUT2D eigenvalue weighted by molar-refractivity contribution is 6.33. The molecule has 0 N–H and O–H groups in total. The van der Waals surface area contributed by atoms with Crippen molar-refractivity contribution in [1.82, 2.24) is 0 Å². The van der Waals surface area contributed by atoms with Crippen molar-refractivity contribution < 1.29 is 4.74 Å². The maximum absolute atomic E-state index is 6.28. The molecule has 0 aliphatic carbocycles. The molecule has 1 aliphatic heterocycles. The molecule has 2 rings (SSSR count). The van der Waals surface area contributed by atoms with Gasteiger partial charge < -0.3 is 9.64 Å². The van der Waals surface area contributed by atoms with Crippen molar-refractivity contribution in [3.63, 3.8) is 0 Å². The summed E-state index contributed by atoms with van der Waals surface area (Å²) in [5.41, 5.74) is 2.21. The molecular formula is C13H17Cl2NO. The molecule has 1 heterocycles. The summed E-state index contributed by atoms with van der Waals surface area (Å²) in [5.74, 6) is 1.10. The first-order chi connectivity index (χ1) is 8.26. The fourth-order valence-electron chi connectivity index (χ4n) is 2.43. The van der Waals surface area contributed by atoms with Crippen LogP contribution in [0.5, 0.6) is 0 Å². The van der Waals surface area contributed by atoms with Crippen LogP contribution >= 0.6 is 23.2 Å². The second kappa shape index (κ2) is 5.94. The predicted octanol–water partition coefficient (Wildman–Crippen LogP) is 3.55. The lowest BCUT2D eigenvalue weighted by Crippen LogP contribution is -2.22. The van der Waals surface area contributed by atoms with Gasteiger partial charge in [0.15, 0.2) is 0 Å². The summed E-state index contributed by atoms with van der Waals surface area (Å²) in [4.78, 5) is 2.32. The number of ether oxygens (including phenoxy) is 1. The van der Waals surface area contributed by atoms with Gasteiger partial charge in [0.2, 0.25) is 0 Å². The molecule has 0 radical (unpaired) electrons. The van der Waals surface area contributed by atoms with Crippen LogP contribution in [0.4, 0.5) is 5.69 Å². The van der Waals surface area contributed by atoms with Crippen molar-refractivity contribution >= 4 is 28.9 Å². The third-order valence-electron chi connectivity index (χ3n) is 3.22. The van der Waals surface area contributed by atoms with Crippen LogP contribution in [-0.2, 0) is 10.6 Å². The first-order valence-corrected chi connectivity index (χ1v) is 6.74. The van der Waals surface area contributed by atoms with Crippen molar-refractivity contribution in [2.24, 2.45) is 5.92 Å². The average Bonchev–Trinajstić information content (AvgIpc) is 2.77. The minimum atomic E-state index is 0.501. The average molecular weight is 274 g/mol. The fourth-order valence-corrected chi connectivity index (χ4v) is 2.96. The fraction of sp³-hybridized carbons (Fsp3) is 0.538. The Hall–Kier alpha value is -0.440. The lowest BCUT2D eigenvalue weighted by molar-refractivity contribution is 0.161. The van der Waals surface area contributed by atoms with E-state index in [1.54, 1.807) is 7.11 Å². The molecule has 1 fully saturated rings. The Morgan fingerprint density at radius 1 is 1.47 bits per heavy atom. The Labute approximate surface area is 112 Å². The maximum Gasteiger partial charge on any atom is 0.0642 e. The number of halogens is 2. The van der Waals surface area contributed by atoms with Crippen molar-refractivity contribution in [3.05, 3.63) is 28.8 Å². The van der Waals surface area contributed by atoms with E-state index >= 15 is 0 Å². The topological polar surface area (TPSA) is 12.5 Å². The quantitative estimate of drug-likeness (QED) is 0.778. The minimum absolute atomic E-state index is 0.501. The van der Waals surface area contributed by atoms with Crippen molar-refractivity contribution in [2.75, 3.05) is 31.7 Å². The molecule has 1 saturated heterocycles. The monoisotopic (exact) mass is 273 g/mol. The zero-order valence-corrected chi connectivity index (χ0v) is 11.5. The van der Waals surface area contributed by atoms with E-state index in [-0.39, 0.29) is 0 Å². The van der Waals surface area contributed by atoms with Crippen LogP contribution in [0.3, 0.4) is 0 Å². The van der Waals surface area contributed by atoms with Gasteiger partial charge in [-0.3, -0.25) is 0 Å². The molecule has 1 aromatic rings. The molecule has 0 bridgehead atoms. The third-order valence-corrected chi connectivity index (χ3v) is 3.81. The van der Waals surface area contributed by atoms with Gasteiger partial charge in [-0.05, 0) is 18.1 Å². The number of hydrogen-bond donors (Lipinski definition) is 0. The summed E-state index contributed by atoms with van der Waals surface area (Å²) in [6.07, 6.45) is 1.15. The minimum Gasteiger partial charge on any atom is -0.384 e. The molecule has 1 unspecified atom stereocenters. The van der Waals surface area contributed by atoms with Crippen molar-refractivity contribution in [2.45, 2.75) is 12.3 Å². The van der Waals surface area contributed by atoms with E-state index in [4.69, 9.17) is 27.9 Å². The van der Waals surface area contributed by atoms with E-state index < -0.39 is 0 Å². The summed E-state index contributed by atoms with van der Waals surface area (Å²) < 4.78 is 5.21. The smallest absolute Gasteiger partial charge is 0.0642 e. The lowest BCUT2D eigenvalue weighted by atomic mass is 10.1. The normalized spacial score (nSPS) is 19.9. The molecule has 4 heteroatoms. The molecule has 2 nitrogen and oxygen atoms in total. The molecule has 1 aliphatic rings. The van der Waals surface area contributed by atoms with E-state index in [2.05, 4.69) is 4.90 Å². The molecule has 0 spiro atoms. The zero-order valence-electron chi connectivity index (χ0n) is 9.96. The second-order valence-corrected chi connectivity index (χ2v) is 5.11. The van der Waals surface area contributed by atoms with Gasteiger partial charge in [-0.25, -0.2) is 0 Å². The third kappa shape index (κ3) is 2.87. The van der Waals surface area contributed by atoms with E-state index in [1.807, 2.05) is 18.2 Å². The molecule has 0 saturated carbocycles. The molecular weight excluding hydrogens is 257 g/mol. The summed E-state index contributed by atoms with van der Waals surface area (Å²) in [6, 6.07) is 5.92. The van der Waals surface area contributed by atoms with Gasteiger partial charge >= 0.3 is 0 Å². The Bertz CT molecular complexity index is 384. The Morgan fingerprint density at radius 2 is 2.29 bits per heavy atom. The molecule has 1 aromatic carbocycles. The summed E-state index contributed by atoms with van der Waals surface area (Å²) in [7, 11) is 1.75. The van der Waals surface area contributed by atoms with Gasteiger partial charge in [0, 0.05) is 32.0 Å². The summed E-state index contributed by atoms with van der Waals surface area (Å²) >= 11 is 12.3. The summed E-state index contributed by atoms with van der Waals surface area (Å²) in [5, 5.41) is 0.793. The number of alkyl halides is 1. The number of nitrogens with zero attached hydrogens (tertiary/aromatic N) is 1. The highest BCUT2D eigenvalue weighted by Crippen LogP contribution is 2.34. The Morgan fingerprint density at radius 3 is 3.00 bits per heavy atom. The van der Waals surface area contributed by atoms with Crippen molar-refractivity contribution in [3.8, 4) is 0 Å². The van der Waals surface area contributed by atoms with Crippen LogP contribution in [-0.4, -0.2) is 26.8 Å². The van der Waals surface area contributed by atoms with Gasteiger partial charge in [-0.2, -0.15) is 0 Å². The van der Waals surface area contributed by atoms with Crippen LogP contribution in [0.15, 0.2) is 18.2 Å². The van der Waals surface area contributed by atoms with Crippen molar-refractivity contribution in [1.29, 1.82) is 0 Å². The van der Waals surface area contributed by atoms with Gasteiger partial charge in [0.25, 0.3) is 0 Å². The van der Waals surface area contributed by atoms with E-state index in [9.17, 15) is 0 Å². The van der Waals surface area contributed by atoms with E-state index in [1.165, 1.54) is 0 Å². The number of benzene rings is 1. The molecule has 1 atom stereocenters. The van der Waals surface area contributed by atoms with Crippen LogP contribution in [0.2, 0.25) is 5.02 Å². The second-order valence-electron chi connectivity index (χ2n) is 4.44. The molecule has 17 heavy (non-hydrogen) atoms. The Balaban J connectivity index is 2.18. The van der Waals surface area contributed by atoms with Gasteiger partial charge in [0.05, 0.1) is 17.3 Å². The first kappa shape index (κ1) is 13.0. The predicted molar refractivity (Wildman–Crippen MR) is 73.2 cm³/mol. The summed E-state index contributed by atoms with van der Waals surface area (Å²) in [6.45, 7) is 2.85. The van der Waals surface area contributed by atoms with Crippen LogP contribution in [0.25, 0.3) is 0 Å². The number of para-hydroxylation sites is 1. The number of anilines is 1.